The molecule has 28 heavy (non-hydrogen) atoms. The van der Waals surface area contributed by atoms with Gasteiger partial charge in [-0.05, 0) is 32.1 Å². The predicted molar refractivity (Wildman–Crippen MR) is 119 cm³/mol. The molecular formula is C21H43N2O4P. The van der Waals surface area contributed by atoms with E-state index in [1.807, 2.05) is 0 Å². The summed E-state index contributed by atoms with van der Waals surface area (Å²) in [5.74, 6) is 0. The summed E-state index contributed by atoms with van der Waals surface area (Å²) in [6.45, 7) is 4.40. The summed E-state index contributed by atoms with van der Waals surface area (Å²) in [7, 11) is -4.26. The third kappa shape index (κ3) is 25.3. The van der Waals surface area contributed by atoms with Gasteiger partial charge < -0.3 is 15.1 Å². The Bertz CT molecular complexity index is 419. The zero-order chi connectivity index (χ0) is 20.8. The SMILES string of the molecule is C1=NCCN1.CCCCCCCC/C=C\CCCCCCCCOP(=O)(O)O. The Morgan fingerprint density at radius 3 is 1.89 bits per heavy atom. The van der Waals surface area contributed by atoms with Crippen LogP contribution in [0.25, 0.3) is 0 Å². The van der Waals surface area contributed by atoms with Crippen molar-refractivity contribution in [3.05, 3.63) is 12.2 Å². The summed E-state index contributed by atoms with van der Waals surface area (Å²) in [4.78, 5) is 20.9. The van der Waals surface area contributed by atoms with Crippen LogP contribution in [0, 0.1) is 0 Å². The van der Waals surface area contributed by atoms with E-state index in [-0.39, 0.29) is 6.61 Å². The maximum atomic E-state index is 10.5. The Morgan fingerprint density at radius 2 is 1.46 bits per heavy atom. The summed E-state index contributed by atoms with van der Waals surface area (Å²) >= 11 is 0. The number of nitrogens with one attached hydrogen (secondary N) is 1. The Morgan fingerprint density at radius 1 is 0.929 bits per heavy atom. The van der Waals surface area contributed by atoms with Crippen LogP contribution in [0.5, 0.6) is 0 Å². The first kappa shape index (κ1) is 27.3. The van der Waals surface area contributed by atoms with Crippen LogP contribution < -0.4 is 5.32 Å². The fourth-order valence-corrected chi connectivity index (χ4v) is 3.22. The minimum absolute atomic E-state index is 0.158. The van der Waals surface area contributed by atoms with Crippen molar-refractivity contribution in [2.75, 3.05) is 19.7 Å². The van der Waals surface area contributed by atoms with Crippen molar-refractivity contribution < 1.29 is 18.9 Å². The van der Waals surface area contributed by atoms with Crippen LogP contribution in [0.3, 0.4) is 0 Å². The fraction of sp³-hybridized carbons (Fsp3) is 0.857. The number of allylic oxidation sites excluding steroid dienone is 2. The van der Waals surface area contributed by atoms with E-state index in [1.165, 1.54) is 70.6 Å². The molecule has 0 radical (unpaired) electrons. The van der Waals surface area contributed by atoms with Crippen molar-refractivity contribution in [2.45, 2.75) is 96.8 Å². The quantitative estimate of drug-likeness (QED) is 0.159. The lowest BCUT2D eigenvalue weighted by molar-refractivity contribution is 0.193. The number of hydrogen-bond acceptors (Lipinski definition) is 4. The Kier molecular flexibility index (Phi) is 20.5. The third-order valence-electron chi connectivity index (χ3n) is 4.48. The van der Waals surface area contributed by atoms with Gasteiger partial charge in [0.05, 0.1) is 19.5 Å². The lowest BCUT2D eigenvalue weighted by Gasteiger charge is -2.04. The van der Waals surface area contributed by atoms with Crippen LogP contribution in [0.1, 0.15) is 96.8 Å². The second-order valence-corrected chi connectivity index (χ2v) is 8.49. The average molecular weight is 419 g/mol. The molecule has 1 heterocycles. The highest BCUT2D eigenvalue weighted by Crippen LogP contribution is 2.35. The predicted octanol–water partition coefficient (Wildman–Crippen LogP) is 5.75. The van der Waals surface area contributed by atoms with Crippen LogP contribution >= 0.6 is 7.82 Å². The first-order valence-corrected chi connectivity index (χ1v) is 12.7. The normalized spacial score (nSPS) is 13.5. The smallest absolute Gasteiger partial charge is 0.375 e. The third-order valence-corrected chi connectivity index (χ3v) is 5.00. The van der Waals surface area contributed by atoms with Gasteiger partial charge in [0.15, 0.2) is 0 Å². The Labute approximate surface area is 172 Å². The number of phosphoric ester groups is 1. The van der Waals surface area contributed by atoms with Gasteiger partial charge in [-0.15, -0.1) is 0 Å². The molecule has 0 atom stereocenters. The molecule has 6 nitrogen and oxygen atoms in total. The number of aliphatic imine (C=N–C) groups is 1. The van der Waals surface area contributed by atoms with Gasteiger partial charge in [-0.3, -0.25) is 9.52 Å². The van der Waals surface area contributed by atoms with Crippen molar-refractivity contribution in [3.63, 3.8) is 0 Å². The summed E-state index contributed by atoms with van der Waals surface area (Å²) in [5.41, 5.74) is 0. The summed E-state index contributed by atoms with van der Waals surface area (Å²) < 4.78 is 14.9. The minimum atomic E-state index is -4.26. The summed E-state index contributed by atoms with van der Waals surface area (Å²) in [5, 5.41) is 2.93. The van der Waals surface area contributed by atoms with E-state index in [0.29, 0.717) is 0 Å². The molecule has 0 fully saturated rings. The largest absolute Gasteiger partial charge is 0.469 e. The molecule has 0 aromatic rings. The molecule has 1 aliphatic heterocycles. The lowest BCUT2D eigenvalue weighted by Crippen LogP contribution is -2.04. The minimum Gasteiger partial charge on any atom is -0.375 e. The van der Waals surface area contributed by atoms with Gasteiger partial charge >= 0.3 is 7.82 Å². The number of phosphoric acid groups is 1. The van der Waals surface area contributed by atoms with Crippen molar-refractivity contribution >= 4 is 14.2 Å². The second-order valence-electron chi connectivity index (χ2n) is 7.25. The summed E-state index contributed by atoms with van der Waals surface area (Å²) in [6, 6.07) is 0. The van der Waals surface area contributed by atoms with Gasteiger partial charge in [0.25, 0.3) is 0 Å². The van der Waals surface area contributed by atoms with E-state index in [0.717, 1.165) is 32.4 Å². The molecule has 1 rings (SSSR count). The lowest BCUT2D eigenvalue weighted by atomic mass is 10.1. The molecule has 3 N–H and O–H groups in total. The Balaban J connectivity index is 0.00000125. The molecule has 0 spiro atoms. The van der Waals surface area contributed by atoms with Crippen molar-refractivity contribution in [3.8, 4) is 0 Å². The van der Waals surface area contributed by atoms with E-state index in [4.69, 9.17) is 9.79 Å². The topological polar surface area (TPSA) is 91.2 Å². The molecule has 0 aliphatic carbocycles. The van der Waals surface area contributed by atoms with Gasteiger partial charge in [0.1, 0.15) is 0 Å². The van der Waals surface area contributed by atoms with E-state index in [2.05, 4.69) is 33.9 Å². The molecule has 0 amide bonds. The molecule has 0 aromatic carbocycles. The Hall–Kier alpha value is -0.680. The molecule has 1 aliphatic rings. The van der Waals surface area contributed by atoms with Gasteiger partial charge in [-0.25, -0.2) is 4.57 Å². The van der Waals surface area contributed by atoms with Gasteiger partial charge in [-0.2, -0.15) is 0 Å². The number of rotatable bonds is 17. The highest BCUT2D eigenvalue weighted by molar-refractivity contribution is 7.46. The van der Waals surface area contributed by atoms with Gasteiger partial charge in [-0.1, -0.05) is 76.9 Å². The average Bonchev–Trinajstić information content (AvgIpc) is 3.23. The number of nitrogens with zero attached hydrogens (tertiary/aromatic N) is 1. The highest BCUT2D eigenvalue weighted by atomic mass is 31.2. The van der Waals surface area contributed by atoms with Crippen molar-refractivity contribution in [1.82, 2.24) is 5.32 Å². The van der Waals surface area contributed by atoms with Crippen LogP contribution in [-0.2, 0) is 9.09 Å². The van der Waals surface area contributed by atoms with Crippen LogP contribution in [0.2, 0.25) is 0 Å². The second kappa shape index (κ2) is 21.0. The number of hydrogen-bond donors (Lipinski definition) is 3. The molecule has 0 aromatic heterocycles. The van der Waals surface area contributed by atoms with E-state index >= 15 is 0 Å². The maximum Gasteiger partial charge on any atom is 0.469 e. The maximum absolute atomic E-state index is 10.5. The van der Waals surface area contributed by atoms with Crippen LogP contribution in [0.15, 0.2) is 17.1 Å². The molecule has 7 heteroatoms. The van der Waals surface area contributed by atoms with Crippen LogP contribution in [0.4, 0.5) is 0 Å². The number of unbranched alkanes of at least 4 members (excludes halogenated alkanes) is 12. The van der Waals surface area contributed by atoms with Gasteiger partial charge in [0.2, 0.25) is 0 Å². The first-order chi connectivity index (χ1) is 13.6. The van der Waals surface area contributed by atoms with E-state index < -0.39 is 7.82 Å². The first-order valence-electron chi connectivity index (χ1n) is 11.1. The molecule has 0 unspecified atom stereocenters. The monoisotopic (exact) mass is 418 g/mol. The zero-order valence-corrected chi connectivity index (χ0v) is 18.8. The van der Waals surface area contributed by atoms with Crippen LogP contribution in [-0.4, -0.2) is 35.8 Å². The molecule has 166 valence electrons. The standard InChI is InChI=1S/C18H37O4P.C3H6N2/c1-2-3-4-5-6-7-8-9-10-11-12-13-14-15-16-17-18-22-23(19,20)21;1-2-5-3-4-1/h9-10H,2-8,11-18H2,1H3,(H2,19,20,21);3H,1-2H2,(H,4,5)/b10-9-;. The van der Waals surface area contributed by atoms with Crippen molar-refractivity contribution in [2.24, 2.45) is 4.99 Å². The molecule has 0 saturated heterocycles. The van der Waals surface area contributed by atoms with Gasteiger partial charge in [0, 0.05) is 6.54 Å². The molecular weight excluding hydrogens is 375 g/mol. The highest BCUT2D eigenvalue weighted by Gasteiger charge is 2.12. The fourth-order valence-electron chi connectivity index (χ4n) is 2.86. The summed E-state index contributed by atoms with van der Waals surface area (Å²) in [6.07, 6.45) is 23.5. The molecule has 0 bridgehead atoms. The zero-order valence-electron chi connectivity index (χ0n) is 17.9. The van der Waals surface area contributed by atoms with E-state index in [1.54, 1.807) is 6.34 Å². The van der Waals surface area contributed by atoms with Crippen molar-refractivity contribution in [1.29, 1.82) is 0 Å². The molecule has 0 saturated carbocycles. The van der Waals surface area contributed by atoms with E-state index in [9.17, 15) is 4.57 Å².